The molecular weight excluding hydrogens is 290 g/mol. The number of ether oxygens (including phenoxy) is 3. The number of nitrogens with zero attached hydrogens (tertiary/aromatic N) is 1. The van der Waals surface area contributed by atoms with Crippen molar-refractivity contribution in [3.8, 4) is 22.2 Å². The summed E-state index contributed by atoms with van der Waals surface area (Å²) in [5.74, 6) is 0.392. The van der Waals surface area contributed by atoms with E-state index < -0.39 is 0 Å². The van der Waals surface area contributed by atoms with Gasteiger partial charge in [0.2, 0.25) is 0 Å². The van der Waals surface area contributed by atoms with Gasteiger partial charge in [0.15, 0.2) is 0 Å². The monoisotopic (exact) mass is 307 g/mol. The molecule has 112 valence electrons. The van der Waals surface area contributed by atoms with Crippen LogP contribution in [0.5, 0.6) is 10.9 Å². The zero-order valence-corrected chi connectivity index (χ0v) is 13.0. The number of aromatic nitrogens is 1. The smallest absolute Gasteiger partial charge is 0.350 e. The molecule has 0 fully saturated rings. The van der Waals surface area contributed by atoms with E-state index in [-0.39, 0.29) is 5.97 Å². The SMILES string of the molecule is CCOC(=O)c1sc(OC)nc1-c1ccc(OCC)cc1. The van der Waals surface area contributed by atoms with Crippen LogP contribution in [0.15, 0.2) is 24.3 Å². The summed E-state index contributed by atoms with van der Waals surface area (Å²) < 4.78 is 15.6. The van der Waals surface area contributed by atoms with Crippen LogP contribution >= 0.6 is 11.3 Å². The highest BCUT2D eigenvalue weighted by molar-refractivity contribution is 7.15. The van der Waals surface area contributed by atoms with Crippen molar-refractivity contribution in [1.82, 2.24) is 4.98 Å². The van der Waals surface area contributed by atoms with Crippen molar-refractivity contribution in [2.45, 2.75) is 13.8 Å². The van der Waals surface area contributed by atoms with E-state index in [2.05, 4.69) is 4.98 Å². The average Bonchev–Trinajstić information content (AvgIpc) is 2.93. The Bertz CT molecular complexity index is 607. The molecule has 2 rings (SSSR count). The highest BCUT2D eigenvalue weighted by Crippen LogP contribution is 2.33. The zero-order valence-electron chi connectivity index (χ0n) is 12.2. The highest BCUT2D eigenvalue weighted by atomic mass is 32.1. The van der Waals surface area contributed by atoms with Crippen LogP contribution in [0.4, 0.5) is 0 Å². The maximum absolute atomic E-state index is 12.0. The van der Waals surface area contributed by atoms with Gasteiger partial charge in [-0.25, -0.2) is 9.78 Å². The van der Waals surface area contributed by atoms with Crippen LogP contribution in [0.25, 0.3) is 11.3 Å². The van der Waals surface area contributed by atoms with Gasteiger partial charge >= 0.3 is 5.97 Å². The Morgan fingerprint density at radius 3 is 2.48 bits per heavy atom. The van der Waals surface area contributed by atoms with Crippen LogP contribution in [-0.4, -0.2) is 31.3 Å². The van der Waals surface area contributed by atoms with Gasteiger partial charge in [-0.3, -0.25) is 0 Å². The summed E-state index contributed by atoms with van der Waals surface area (Å²) in [6.07, 6.45) is 0. The van der Waals surface area contributed by atoms with Gasteiger partial charge in [-0.05, 0) is 38.1 Å². The molecule has 0 bridgehead atoms. The van der Waals surface area contributed by atoms with E-state index in [1.807, 2.05) is 31.2 Å². The van der Waals surface area contributed by atoms with Crippen molar-refractivity contribution in [1.29, 1.82) is 0 Å². The van der Waals surface area contributed by atoms with Crippen molar-refractivity contribution in [2.75, 3.05) is 20.3 Å². The van der Waals surface area contributed by atoms with Crippen LogP contribution in [0.2, 0.25) is 0 Å². The molecule has 0 saturated heterocycles. The number of carbonyl (C=O) groups excluding carboxylic acids is 1. The quantitative estimate of drug-likeness (QED) is 0.766. The fourth-order valence-corrected chi connectivity index (χ4v) is 2.59. The third kappa shape index (κ3) is 3.52. The lowest BCUT2D eigenvalue weighted by Crippen LogP contribution is -2.04. The number of esters is 1. The third-order valence-electron chi connectivity index (χ3n) is 2.68. The summed E-state index contributed by atoms with van der Waals surface area (Å²) in [6.45, 7) is 4.63. The molecule has 0 spiro atoms. The minimum atomic E-state index is -0.387. The largest absolute Gasteiger partial charge is 0.494 e. The predicted octanol–water partition coefficient (Wildman–Crippen LogP) is 3.39. The van der Waals surface area contributed by atoms with Gasteiger partial charge in [-0.1, -0.05) is 11.3 Å². The topological polar surface area (TPSA) is 57.7 Å². The van der Waals surface area contributed by atoms with Crippen molar-refractivity contribution < 1.29 is 19.0 Å². The molecule has 0 unspecified atom stereocenters. The molecule has 0 aliphatic heterocycles. The molecule has 0 saturated carbocycles. The molecule has 6 heteroatoms. The molecule has 0 N–H and O–H groups in total. The zero-order chi connectivity index (χ0) is 15.2. The first kappa shape index (κ1) is 15.3. The van der Waals surface area contributed by atoms with E-state index in [4.69, 9.17) is 14.2 Å². The Kier molecular flexibility index (Phi) is 5.16. The lowest BCUT2D eigenvalue weighted by Gasteiger charge is -2.05. The lowest BCUT2D eigenvalue weighted by atomic mass is 10.1. The average molecular weight is 307 g/mol. The Labute approximate surface area is 127 Å². The van der Waals surface area contributed by atoms with Crippen LogP contribution in [0, 0.1) is 0 Å². The number of thiazole rings is 1. The Morgan fingerprint density at radius 1 is 1.19 bits per heavy atom. The summed E-state index contributed by atoms with van der Waals surface area (Å²) in [4.78, 5) is 16.8. The normalized spacial score (nSPS) is 10.2. The Hall–Kier alpha value is -2.08. The Balaban J connectivity index is 2.37. The van der Waals surface area contributed by atoms with Crippen LogP contribution in [-0.2, 0) is 4.74 Å². The summed E-state index contributed by atoms with van der Waals surface area (Å²) in [5.41, 5.74) is 1.39. The molecule has 0 atom stereocenters. The molecule has 5 nitrogen and oxygen atoms in total. The van der Waals surface area contributed by atoms with Gasteiger partial charge in [-0.15, -0.1) is 0 Å². The fraction of sp³-hybridized carbons (Fsp3) is 0.333. The number of carbonyl (C=O) groups is 1. The summed E-state index contributed by atoms with van der Waals surface area (Å²) in [7, 11) is 1.52. The number of benzene rings is 1. The van der Waals surface area contributed by atoms with E-state index in [0.29, 0.717) is 29.0 Å². The van der Waals surface area contributed by atoms with Crippen molar-refractivity contribution in [3.05, 3.63) is 29.1 Å². The Morgan fingerprint density at radius 2 is 1.90 bits per heavy atom. The maximum Gasteiger partial charge on any atom is 0.350 e. The molecule has 0 aliphatic carbocycles. The van der Waals surface area contributed by atoms with Crippen molar-refractivity contribution in [3.63, 3.8) is 0 Å². The fourth-order valence-electron chi connectivity index (χ4n) is 1.79. The van der Waals surface area contributed by atoms with Crippen LogP contribution in [0.3, 0.4) is 0 Å². The summed E-state index contributed by atoms with van der Waals surface area (Å²) >= 11 is 1.18. The molecule has 1 aromatic heterocycles. The molecule has 1 heterocycles. The third-order valence-corrected chi connectivity index (χ3v) is 3.68. The number of rotatable bonds is 6. The van der Waals surface area contributed by atoms with E-state index in [1.54, 1.807) is 6.92 Å². The van der Waals surface area contributed by atoms with Gasteiger partial charge in [0.1, 0.15) is 10.6 Å². The second kappa shape index (κ2) is 7.08. The van der Waals surface area contributed by atoms with E-state index >= 15 is 0 Å². The van der Waals surface area contributed by atoms with E-state index in [0.717, 1.165) is 11.3 Å². The first-order valence-corrected chi connectivity index (χ1v) is 7.46. The first-order chi connectivity index (χ1) is 10.2. The second-order valence-corrected chi connectivity index (χ2v) is 5.00. The number of methoxy groups -OCH3 is 1. The standard InChI is InChI=1S/C15H17NO4S/c1-4-19-11-8-6-10(7-9-11)12-13(14(17)20-5-2)21-15(16-12)18-3/h6-9H,4-5H2,1-3H3. The molecule has 21 heavy (non-hydrogen) atoms. The van der Waals surface area contributed by atoms with Gasteiger partial charge < -0.3 is 14.2 Å². The molecular formula is C15H17NO4S. The number of hydrogen-bond donors (Lipinski definition) is 0. The predicted molar refractivity (Wildman–Crippen MR) is 81.2 cm³/mol. The van der Waals surface area contributed by atoms with Gasteiger partial charge in [0.05, 0.1) is 26.0 Å². The molecule has 0 amide bonds. The van der Waals surface area contributed by atoms with Crippen molar-refractivity contribution in [2.24, 2.45) is 0 Å². The molecule has 2 aromatic rings. The highest BCUT2D eigenvalue weighted by Gasteiger charge is 2.21. The van der Waals surface area contributed by atoms with Crippen LogP contribution < -0.4 is 9.47 Å². The molecule has 0 radical (unpaired) electrons. The second-order valence-electron chi connectivity index (χ2n) is 4.04. The van der Waals surface area contributed by atoms with Gasteiger partial charge in [0, 0.05) is 5.56 Å². The summed E-state index contributed by atoms with van der Waals surface area (Å²) in [6, 6.07) is 7.42. The molecule has 1 aromatic carbocycles. The minimum Gasteiger partial charge on any atom is -0.494 e. The van der Waals surface area contributed by atoms with Crippen LogP contribution in [0.1, 0.15) is 23.5 Å². The summed E-state index contributed by atoms with van der Waals surface area (Å²) in [5, 5.41) is 0.432. The van der Waals surface area contributed by atoms with Gasteiger partial charge in [0.25, 0.3) is 5.19 Å². The van der Waals surface area contributed by atoms with Gasteiger partial charge in [-0.2, -0.15) is 0 Å². The maximum atomic E-state index is 12.0. The number of hydrogen-bond acceptors (Lipinski definition) is 6. The molecule has 0 aliphatic rings. The first-order valence-electron chi connectivity index (χ1n) is 6.64. The van der Waals surface area contributed by atoms with Crippen molar-refractivity contribution >= 4 is 17.3 Å². The lowest BCUT2D eigenvalue weighted by molar-refractivity contribution is 0.0532. The minimum absolute atomic E-state index is 0.321. The van der Waals surface area contributed by atoms with E-state index in [9.17, 15) is 4.79 Å². The van der Waals surface area contributed by atoms with E-state index in [1.165, 1.54) is 18.4 Å².